The number of hydrogen-bond acceptors (Lipinski definition) is 7. The van der Waals surface area contributed by atoms with Gasteiger partial charge in [0.05, 0.1) is 42.5 Å². The summed E-state index contributed by atoms with van der Waals surface area (Å²) in [4.78, 5) is 27.3. The second-order valence-electron chi connectivity index (χ2n) is 9.62. The van der Waals surface area contributed by atoms with Crippen LogP contribution in [-0.2, 0) is 21.2 Å². The molecule has 0 N–H and O–H groups in total. The molecular weight excluding hydrogens is 509 g/mol. The Kier molecular flexibility index (Phi) is 6.93. The van der Waals surface area contributed by atoms with Gasteiger partial charge in [-0.25, -0.2) is 27.3 Å². The van der Waals surface area contributed by atoms with Gasteiger partial charge in [-0.1, -0.05) is 13.8 Å². The molecule has 1 aliphatic rings. The molecule has 12 heteroatoms. The average molecular weight is 538 g/mol. The topological polar surface area (TPSA) is 114 Å². The second kappa shape index (κ2) is 10.2. The van der Waals surface area contributed by atoms with Gasteiger partial charge in [-0.3, -0.25) is 9.78 Å². The Balaban J connectivity index is 1.35. The van der Waals surface area contributed by atoms with Gasteiger partial charge >= 0.3 is 0 Å². The predicted octanol–water partition coefficient (Wildman–Crippen LogP) is 3.04. The molecule has 1 saturated heterocycles. The van der Waals surface area contributed by atoms with E-state index in [0.717, 1.165) is 17.3 Å². The molecule has 10 nitrogen and oxygen atoms in total. The average Bonchev–Trinajstić information content (AvgIpc) is 3.20. The minimum Gasteiger partial charge on any atom is -0.310 e. The molecule has 198 valence electrons. The van der Waals surface area contributed by atoms with Crippen LogP contribution in [0.5, 0.6) is 0 Å². The molecule has 1 aliphatic heterocycles. The van der Waals surface area contributed by atoms with Gasteiger partial charge in [0, 0.05) is 49.1 Å². The maximum absolute atomic E-state index is 14.8. The first-order valence-corrected chi connectivity index (χ1v) is 14.1. The molecule has 38 heavy (non-hydrogen) atoms. The van der Waals surface area contributed by atoms with Crippen LogP contribution < -0.4 is 4.90 Å². The summed E-state index contributed by atoms with van der Waals surface area (Å²) in [5, 5.41) is 4.36. The van der Waals surface area contributed by atoms with Crippen molar-refractivity contribution in [3.05, 3.63) is 72.0 Å². The molecule has 4 aromatic heterocycles. The Morgan fingerprint density at radius 2 is 1.87 bits per heavy atom. The van der Waals surface area contributed by atoms with Crippen LogP contribution in [0.15, 0.2) is 49.1 Å². The van der Waals surface area contributed by atoms with E-state index in [-0.39, 0.29) is 50.0 Å². The highest BCUT2D eigenvalue weighted by Crippen LogP contribution is 2.27. The summed E-state index contributed by atoms with van der Waals surface area (Å²) in [6, 6.07) is 7.19. The molecule has 0 bridgehead atoms. The van der Waals surface area contributed by atoms with E-state index in [1.807, 2.05) is 12.3 Å². The largest absolute Gasteiger partial charge is 0.310 e. The fourth-order valence-corrected chi connectivity index (χ4v) is 5.37. The molecule has 0 radical (unpaired) electrons. The van der Waals surface area contributed by atoms with Crippen molar-refractivity contribution in [2.75, 3.05) is 30.8 Å². The van der Waals surface area contributed by atoms with Crippen molar-refractivity contribution < 1.29 is 17.6 Å². The van der Waals surface area contributed by atoms with E-state index < -0.39 is 15.8 Å². The molecule has 0 atom stereocenters. The van der Waals surface area contributed by atoms with Gasteiger partial charge in [0.25, 0.3) is 0 Å². The van der Waals surface area contributed by atoms with E-state index in [1.165, 1.54) is 10.5 Å². The Morgan fingerprint density at radius 3 is 2.58 bits per heavy atom. The van der Waals surface area contributed by atoms with Gasteiger partial charge in [-0.15, -0.1) is 0 Å². The first kappa shape index (κ1) is 25.9. The predicted molar refractivity (Wildman–Crippen MR) is 141 cm³/mol. The van der Waals surface area contributed by atoms with Crippen molar-refractivity contribution in [2.24, 2.45) is 0 Å². The summed E-state index contributed by atoms with van der Waals surface area (Å²) in [5.41, 5.74) is 4.04. The van der Waals surface area contributed by atoms with Crippen LogP contribution in [0.3, 0.4) is 0 Å². The smallest absolute Gasteiger partial charge is 0.228 e. The summed E-state index contributed by atoms with van der Waals surface area (Å²) < 4.78 is 41.6. The van der Waals surface area contributed by atoms with Crippen LogP contribution in [0.25, 0.3) is 16.8 Å². The number of anilines is 1. The Morgan fingerprint density at radius 1 is 1.05 bits per heavy atom. The zero-order valence-corrected chi connectivity index (χ0v) is 22.2. The van der Waals surface area contributed by atoms with E-state index in [2.05, 4.69) is 33.9 Å². The summed E-state index contributed by atoms with van der Waals surface area (Å²) in [5.74, 6) is 0.00223. The van der Waals surface area contributed by atoms with E-state index >= 15 is 0 Å². The van der Waals surface area contributed by atoms with Crippen molar-refractivity contribution in [1.29, 1.82) is 0 Å². The Labute approximate surface area is 220 Å². The molecule has 1 fully saturated rings. The fraction of sp³-hybridized carbons (Fsp3) is 0.346. The third-order valence-electron chi connectivity index (χ3n) is 6.62. The number of amides is 1. The Hall–Kier alpha value is -3.77. The molecule has 5 heterocycles. The summed E-state index contributed by atoms with van der Waals surface area (Å²) in [6.45, 7) is 4.80. The second-order valence-corrected chi connectivity index (χ2v) is 11.6. The number of rotatable bonds is 6. The van der Waals surface area contributed by atoms with Gasteiger partial charge in [-0.2, -0.15) is 9.40 Å². The number of hydrogen-bond donors (Lipinski definition) is 0. The molecule has 0 unspecified atom stereocenters. The molecule has 0 spiro atoms. The lowest BCUT2D eigenvalue weighted by molar-refractivity contribution is -0.118. The summed E-state index contributed by atoms with van der Waals surface area (Å²) in [6.07, 6.45) is 7.87. The van der Waals surface area contributed by atoms with Crippen LogP contribution in [0.4, 0.5) is 10.1 Å². The lowest BCUT2D eigenvalue weighted by atomic mass is 10.0. The monoisotopic (exact) mass is 537 g/mol. The molecule has 5 rings (SSSR count). The van der Waals surface area contributed by atoms with Crippen molar-refractivity contribution in [3.8, 4) is 11.3 Å². The van der Waals surface area contributed by atoms with Crippen molar-refractivity contribution in [1.82, 2.24) is 28.9 Å². The standard InChI is InChI=1S/C26H28FN7O3S/c1-17(2)21-15-30-34-9-6-18(12-23(21)34)26-22(27)16-29-24(31-26)13-19-4-5-20(14-28-19)33-11-10-32(38(3,36)37)8-7-25(33)35/h4-6,9,12,14-17H,7-8,10-11,13H2,1-3H3. The maximum atomic E-state index is 14.8. The van der Waals surface area contributed by atoms with Crippen LogP contribution in [0.2, 0.25) is 0 Å². The number of pyridine rings is 2. The highest BCUT2D eigenvalue weighted by atomic mass is 32.2. The third kappa shape index (κ3) is 5.27. The number of carbonyl (C=O) groups is 1. The highest BCUT2D eigenvalue weighted by molar-refractivity contribution is 7.88. The molecular formula is C26H28FN7O3S. The number of nitrogens with zero attached hydrogens (tertiary/aromatic N) is 7. The van der Waals surface area contributed by atoms with E-state index in [1.54, 1.807) is 40.0 Å². The number of fused-ring (bicyclic) bond motifs is 1. The van der Waals surface area contributed by atoms with E-state index in [9.17, 15) is 17.6 Å². The first-order valence-electron chi connectivity index (χ1n) is 12.3. The SMILES string of the molecule is CC(C)c1cnn2ccc(-c3nc(Cc4ccc(N5CCN(S(C)(=O)=O)CCC5=O)cn4)ncc3F)cc12. The number of carbonyl (C=O) groups excluding carboxylic acids is 1. The van der Waals surface area contributed by atoms with Crippen LogP contribution >= 0.6 is 0 Å². The van der Waals surface area contributed by atoms with Gasteiger partial charge in [0.15, 0.2) is 5.82 Å². The molecule has 0 saturated carbocycles. The zero-order valence-electron chi connectivity index (χ0n) is 21.4. The van der Waals surface area contributed by atoms with Crippen molar-refractivity contribution in [2.45, 2.75) is 32.6 Å². The third-order valence-corrected chi connectivity index (χ3v) is 7.92. The minimum absolute atomic E-state index is 0.102. The van der Waals surface area contributed by atoms with Gasteiger partial charge in [-0.05, 0) is 30.2 Å². The lowest BCUT2D eigenvalue weighted by Crippen LogP contribution is -2.35. The van der Waals surface area contributed by atoms with Gasteiger partial charge < -0.3 is 4.90 Å². The molecule has 1 amide bonds. The fourth-order valence-electron chi connectivity index (χ4n) is 4.53. The summed E-state index contributed by atoms with van der Waals surface area (Å²) in [7, 11) is -3.37. The zero-order chi connectivity index (χ0) is 27.0. The normalized spacial score (nSPS) is 15.4. The number of aromatic nitrogens is 5. The Bertz CT molecular complexity index is 1600. The van der Waals surface area contributed by atoms with Crippen LogP contribution in [-0.4, -0.2) is 69.1 Å². The molecule has 0 aliphatic carbocycles. The minimum atomic E-state index is -3.37. The quantitative estimate of drug-likeness (QED) is 0.371. The van der Waals surface area contributed by atoms with Crippen LogP contribution in [0, 0.1) is 5.82 Å². The van der Waals surface area contributed by atoms with E-state index in [0.29, 0.717) is 22.8 Å². The first-order chi connectivity index (χ1) is 18.1. The van der Waals surface area contributed by atoms with Crippen molar-refractivity contribution >= 4 is 27.1 Å². The molecule has 0 aromatic carbocycles. The lowest BCUT2D eigenvalue weighted by Gasteiger charge is -2.21. The van der Waals surface area contributed by atoms with Gasteiger partial charge in [0.2, 0.25) is 15.9 Å². The van der Waals surface area contributed by atoms with Crippen LogP contribution in [0.1, 0.15) is 43.3 Å². The molecule has 4 aromatic rings. The number of sulfonamides is 1. The van der Waals surface area contributed by atoms with Gasteiger partial charge in [0.1, 0.15) is 11.5 Å². The maximum Gasteiger partial charge on any atom is 0.228 e. The van der Waals surface area contributed by atoms with Crippen molar-refractivity contribution in [3.63, 3.8) is 0 Å². The highest BCUT2D eigenvalue weighted by Gasteiger charge is 2.26. The van der Waals surface area contributed by atoms with E-state index in [4.69, 9.17) is 0 Å². The summed E-state index contributed by atoms with van der Waals surface area (Å²) >= 11 is 0. The number of halogens is 1.